The van der Waals surface area contributed by atoms with Crippen molar-refractivity contribution in [2.75, 3.05) is 30.3 Å². The first kappa shape index (κ1) is 57.4. The van der Waals surface area contributed by atoms with Crippen molar-refractivity contribution in [1.29, 1.82) is 0 Å². The number of aliphatic hydroxyl groups excluding tert-OH is 1. The molecule has 1 saturated heterocycles. The molecule has 18 nitrogen and oxygen atoms in total. The molecule has 0 spiro atoms. The molecule has 8 aromatic rings. The number of carbonyl (C=O) groups excluding carboxylic acids is 4. The van der Waals surface area contributed by atoms with Gasteiger partial charge in [-0.3, -0.25) is 24.1 Å². The predicted octanol–water partition coefficient (Wildman–Crippen LogP) is 7.50. The molecule has 5 heterocycles. The minimum atomic E-state index is -4.66. The van der Waals surface area contributed by atoms with Gasteiger partial charge in [-0.15, -0.1) is 0 Å². The topological polar surface area (TPSA) is 239 Å². The zero-order valence-corrected chi connectivity index (χ0v) is 43.9. The number of nitrogens with one attached hydrogen (secondary N) is 2. The van der Waals surface area contributed by atoms with Gasteiger partial charge in [0.15, 0.2) is 11.6 Å². The standard InChI is InChI=1S/C30H28F3N7O2.C27H23F3N6O3/c1-19-5-6-21(11-20(19)7-8-25-15-35-28(27(34)41)38(25)2)29(42)37-23-12-22(30(31,32)33)13-26(14-23)40-17-24(36-18-40)16-39-9-3-4-10-39;1-16-3-4-18(9-17(16)5-6-22-13-32-25(24(31)38)35(22)2)26(39)34-21-10-19(27(28,29)30)11-23(12-21)36-14-20(7-8-37)33-15-36/h5-6,11-15,17-18H,3-4,9-10,16H2,1-2H3,(H2,34,41)(H,37,42);3-4,9-15,37H,7-8H2,1-2H3,(H2,31,38)(H,34,39). The Labute approximate surface area is 459 Å². The van der Waals surface area contributed by atoms with Crippen LogP contribution in [0.2, 0.25) is 0 Å². The summed E-state index contributed by atoms with van der Waals surface area (Å²) in [4.78, 5) is 67.6. The molecule has 4 aromatic carbocycles. The van der Waals surface area contributed by atoms with Gasteiger partial charge in [-0.05, 0) is 123 Å². The van der Waals surface area contributed by atoms with E-state index in [2.05, 4.69) is 59.2 Å². The van der Waals surface area contributed by atoms with Crippen molar-refractivity contribution >= 4 is 35.0 Å². The van der Waals surface area contributed by atoms with Crippen molar-refractivity contribution < 1.29 is 50.6 Å². The fraction of sp³-hybridized carbons (Fsp3) is 0.228. The van der Waals surface area contributed by atoms with Crippen LogP contribution >= 0.6 is 0 Å². The maximum absolute atomic E-state index is 13.8. The molecule has 416 valence electrons. The fourth-order valence-electron chi connectivity index (χ4n) is 8.47. The fourth-order valence-corrected chi connectivity index (χ4v) is 8.47. The summed E-state index contributed by atoms with van der Waals surface area (Å²) in [5, 5.41) is 14.2. The minimum Gasteiger partial charge on any atom is -0.396 e. The van der Waals surface area contributed by atoms with Crippen molar-refractivity contribution in [3.63, 3.8) is 0 Å². The second-order valence-corrected chi connectivity index (χ2v) is 18.8. The van der Waals surface area contributed by atoms with E-state index in [-0.39, 0.29) is 58.6 Å². The van der Waals surface area contributed by atoms with Crippen LogP contribution in [0.5, 0.6) is 0 Å². The highest BCUT2D eigenvalue weighted by atomic mass is 19.4. The zero-order chi connectivity index (χ0) is 58.3. The number of hydrogen-bond donors (Lipinski definition) is 5. The minimum absolute atomic E-state index is 0.0123. The SMILES string of the molecule is Cc1ccc(C(=O)Nc2cc(-n3cnc(CCO)c3)cc(C(F)(F)F)c2)cc1C#Cc1cnc(C(N)=O)n1C.Cc1ccc(C(=O)Nc2cc(-n3cnc(CN4CCCC4)c3)cc(C(F)(F)F)c2)cc1C#Cc1cnc(C(N)=O)n1C. The van der Waals surface area contributed by atoms with Gasteiger partial charge in [-0.2, -0.15) is 26.3 Å². The highest BCUT2D eigenvalue weighted by Gasteiger charge is 2.33. The first-order chi connectivity index (χ1) is 38.4. The number of halogens is 6. The number of benzene rings is 4. The number of anilines is 2. The molecule has 9 rings (SSSR count). The van der Waals surface area contributed by atoms with Crippen molar-refractivity contribution in [1.82, 2.24) is 43.1 Å². The number of nitrogens with two attached hydrogens (primary N) is 2. The van der Waals surface area contributed by atoms with E-state index < -0.39 is 47.1 Å². The van der Waals surface area contributed by atoms with E-state index >= 15 is 0 Å². The number of aromatic nitrogens is 8. The van der Waals surface area contributed by atoms with Crippen LogP contribution in [0.15, 0.2) is 110 Å². The maximum atomic E-state index is 13.8. The first-order valence-electron chi connectivity index (χ1n) is 24.8. The Bertz CT molecular complexity index is 3840. The third-order valence-electron chi connectivity index (χ3n) is 12.9. The molecular formula is C57H51F6N13O5. The van der Waals surface area contributed by atoms with Crippen LogP contribution in [0.4, 0.5) is 37.7 Å². The van der Waals surface area contributed by atoms with E-state index in [4.69, 9.17) is 16.6 Å². The van der Waals surface area contributed by atoms with Crippen LogP contribution in [0.1, 0.15) is 111 Å². The predicted molar refractivity (Wildman–Crippen MR) is 286 cm³/mol. The highest BCUT2D eigenvalue weighted by molar-refractivity contribution is 6.05. The summed E-state index contributed by atoms with van der Waals surface area (Å²) in [6.45, 7) is 6.02. The summed E-state index contributed by atoms with van der Waals surface area (Å²) < 4.78 is 88.1. The molecular weight excluding hydrogens is 1060 g/mol. The van der Waals surface area contributed by atoms with Crippen molar-refractivity contribution in [2.24, 2.45) is 25.6 Å². The summed E-state index contributed by atoms with van der Waals surface area (Å²) in [5.41, 5.74) is 14.1. The third-order valence-corrected chi connectivity index (χ3v) is 12.9. The number of aliphatic hydroxyl groups is 1. The van der Waals surface area contributed by atoms with E-state index in [0.717, 1.165) is 67.0 Å². The molecule has 1 aliphatic heterocycles. The molecule has 81 heavy (non-hydrogen) atoms. The number of alkyl halides is 6. The van der Waals surface area contributed by atoms with E-state index in [9.17, 15) is 45.5 Å². The van der Waals surface area contributed by atoms with Gasteiger partial charge in [0.2, 0.25) is 0 Å². The number of primary amides is 2. The second kappa shape index (κ2) is 24.1. The van der Waals surface area contributed by atoms with Crippen molar-refractivity contribution in [2.45, 2.75) is 52.0 Å². The number of nitrogens with zero attached hydrogens (tertiary/aromatic N) is 9. The van der Waals surface area contributed by atoms with Crippen LogP contribution in [0.25, 0.3) is 11.4 Å². The first-order valence-corrected chi connectivity index (χ1v) is 24.8. The Hall–Kier alpha value is -9.78. The van der Waals surface area contributed by atoms with Gasteiger partial charge in [0.25, 0.3) is 23.6 Å². The molecule has 7 N–H and O–H groups in total. The zero-order valence-electron chi connectivity index (χ0n) is 43.9. The number of carbonyl (C=O) groups is 4. The molecule has 0 aliphatic carbocycles. The largest absolute Gasteiger partial charge is 0.416 e. The van der Waals surface area contributed by atoms with E-state index in [1.807, 2.05) is 6.92 Å². The van der Waals surface area contributed by atoms with Gasteiger partial charge < -0.3 is 45.5 Å². The second-order valence-electron chi connectivity index (χ2n) is 18.8. The summed E-state index contributed by atoms with van der Waals surface area (Å²) in [6, 6.07) is 16.1. The van der Waals surface area contributed by atoms with Crippen LogP contribution in [-0.2, 0) is 39.4 Å². The molecule has 1 fully saturated rings. The van der Waals surface area contributed by atoms with Gasteiger partial charge in [0.1, 0.15) is 11.4 Å². The summed E-state index contributed by atoms with van der Waals surface area (Å²) in [7, 11) is 3.20. The average Bonchev–Trinajstić information content (AvgIpc) is 4.31. The van der Waals surface area contributed by atoms with Gasteiger partial charge in [0, 0.05) is 91.1 Å². The van der Waals surface area contributed by atoms with Crippen molar-refractivity contribution in [3.05, 3.63) is 189 Å². The number of aryl methyl sites for hydroxylation is 2. The average molecular weight is 1110 g/mol. The molecule has 0 atom stereocenters. The smallest absolute Gasteiger partial charge is 0.396 e. The normalized spacial score (nSPS) is 12.4. The van der Waals surface area contributed by atoms with Crippen LogP contribution in [0, 0.1) is 37.5 Å². The maximum Gasteiger partial charge on any atom is 0.416 e. The van der Waals surface area contributed by atoms with Gasteiger partial charge in [-0.1, -0.05) is 24.0 Å². The number of amides is 4. The monoisotopic (exact) mass is 1110 g/mol. The van der Waals surface area contributed by atoms with Crippen LogP contribution in [-0.4, -0.2) is 91.5 Å². The number of imidazole rings is 4. The molecule has 0 bridgehead atoms. The van der Waals surface area contributed by atoms with Crippen LogP contribution in [0.3, 0.4) is 0 Å². The summed E-state index contributed by atoms with van der Waals surface area (Å²) >= 11 is 0. The Balaban J connectivity index is 0.000000213. The van der Waals surface area contributed by atoms with Gasteiger partial charge >= 0.3 is 12.4 Å². The van der Waals surface area contributed by atoms with Gasteiger partial charge in [-0.25, -0.2) is 19.9 Å². The van der Waals surface area contributed by atoms with E-state index in [0.29, 0.717) is 34.8 Å². The Kier molecular flexibility index (Phi) is 17.1. The molecule has 4 aromatic heterocycles. The molecule has 0 saturated carbocycles. The number of rotatable bonds is 12. The van der Waals surface area contributed by atoms with Gasteiger partial charge in [0.05, 0.1) is 47.6 Å². The lowest BCUT2D eigenvalue weighted by atomic mass is 10.0. The lowest BCUT2D eigenvalue weighted by Gasteiger charge is -2.14. The van der Waals surface area contributed by atoms with Crippen LogP contribution < -0.4 is 22.1 Å². The quantitative estimate of drug-likeness (QED) is 0.0596. The molecule has 4 amide bonds. The van der Waals surface area contributed by atoms with Crippen molar-refractivity contribution in [3.8, 4) is 35.1 Å². The third kappa shape index (κ3) is 14.1. The molecule has 24 heteroatoms. The molecule has 1 aliphatic rings. The Morgan fingerprint density at radius 2 is 1.04 bits per heavy atom. The lowest BCUT2D eigenvalue weighted by molar-refractivity contribution is -0.138. The number of hydrogen-bond acceptors (Lipinski definition) is 10. The Morgan fingerprint density at radius 1 is 0.605 bits per heavy atom. The molecule has 0 radical (unpaired) electrons. The molecule has 0 unspecified atom stereocenters. The number of likely N-dealkylation sites (tertiary alicyclic amines) is 1. The summed E-state index contributed by atoms with van der Waals surface area (Å²) in [6.07, 6.45) is 2.06. The van der Waals surface area contributed by atoms with E-state index in [1.165, 1.54) is 73.8 Å². The lowest BCUT2D eigenvalue weighted by Crippen LogP contribution is -2.18. The highest BCUT2D eigenvalue weighted by Crippen LogP contribution is 2.35. The van der Waals surface area contributed by atoms with E-state index in [1.54, 1.807) is 51.5 Å². The summed E-state index contributed by atoms with van der Waals surface area (Å²) in [5.74, 6) is 9.18. The Morgan fingerprint density at radius 3 is 1.44 bits per heavy atom.